The molecule has 0 radical (unpaired) electrons. The first-order valence-electron chi connectivity index (χ1n) is 5.47. The molecule has 3 rings (SSSR count). The Morgan fingerprint density at radius 1 is 0.889 bits per heavy atom. The van der Waals surface area contributed by atoms with Crippen LogP contribution < -0.4 is 5.73 Å². The molecule has 0 saturated heterocycles. The Labute approximate surface area is 102 Å². The van der Waals surface area contributed by atoms with E-state index in [4.69, 9.17) is 5.73 Å². The highest BCUT2D eigenvalue weighted by atomic mass is 19.2. The number of nitrogens with two attached hydrogens (primary N) is 1. The first-order chi connectivity index (χ1) is 8.65. The number of fused-ring (bicyclic) bond motifs is 1. The summed E-state index contributed by atoms with van der Waals surface area (Å²) in [5, 5.41) is 0.958. The third-order valence-corrected chi connectivity index (χ3v) is 2.90. The first kappa shape index (κ1) is 10.8. The summed E-state index contributed by atoms with van der Waals surface area (Å²) in [5.41, 5.74) is 7.84. The van der Waals surface area contributed by atoms with Crippen LogP contribution in [-0.2, 0) is 0 Å². The van der Waals surface area contributed by atoms with Crippen molar-refractivity contribution in [3.8, 4) is 5.69 Å². The molecule has 4 heteroatoms. The van der Waals surface area contributed by atoms with E-state index < -0.39 is 11.6 Å². The Hall–Kier alpha value is -2.36. The lowest BCUT2D eigenvalue weighted by Crippen LogP contribution is -1.94. The molecule has 18 heavy (non-hydrogen) atoms. The molecule has 1 heterocycles. The highest BCUT2D eigenvalue weighted by Crippen LogP contribution is 2.23. The average molecular weight is 244 g/mol. The van der Waals surface area contributed by atoms with E-state index in [2.05, 4.69) is 0 Å². The molecule has 0 fully saturated rings. The van der Waals surface area contributed by atoms with Crippen LogP contribution in [0.3, 0.4) is 0 Å². The molecule has 0 aliphatic carbocycles. The second kappa shape index (κ2) is 3.84. The Balaban J connectivity index is 2.22. The molecule has 1 aromatic heterocycles. The van der Waals surface area contributed by atoms with Crippen molar-refractivity contribution in [1.82, 2.24) is 4.57 Å². The summed E-state index contributed by atoms with van der Waals surface area (Å²) in [6.07, 6.45) is 1.80. The van der Waals surface area contributed by atoms with Crippen molar-refractivity contribution < 1.29 is 8.78 Å². The Kier molecular flexibility index (Phi) is 2.30. The maximum absolute atomic E-state index is 13.2. The van der Waals surface area contributed by atoms with E-state index in [1.807, 2.05) is 18.2 Å². The number of hydrogen-bond acceptors (Lipinski definition) is 1. The zero-order valence-electron chi connectivity index (χ0n) is 9.40. The quantitative estimate of drug-likeness (QED) is 0.653. The highest BCUT2D eigenvalue weighted by molar-refractivity contribution is 5.84. The number of anilines is 1. The van der Waals surface area contributed by atoms with Gasteiger partial charge in [0.15, 0.2) is 11.6 Å². The molecule has 0 atom stereocenters. The Morgan fingerprint density at radius 2 is 1.72 bits per heavy atom. The van der Waals surface area contributed by atoms with Gasteiger partial charge in [0.25, 0.3) is 0 Å². The fourth-order valence-electron chi connectivity index (χ4n) is 2.02. The molecule has 0 aliphatic heterocycles. The molecule has 0 bridgehead atoms. The molecule has 0 unspecified atom stereocenters. The van der Waals surface area contributed by atoms with Crippen LogP contribution >= 0.6 is 0 Å². The molecule has 0 aliphatic rings. The molecular formula is C14H10F2N2. The number of benzene rings is 2. The summed E-state index contributed by atoms with van der Waals surface area (Å²) in [7, 11) is 0. The van der Waals surface area contributed by atoms with Gasteiger partial charge in [0.05, 0.1) is 5.52 Å². The summed E-state index contributed by atoms with van der Waals surface area (Å²) < 4.78 is 27.9. The van der Waals surface area contributed by atoms with Gasteiger partial charge < -0.3 is 10.3 Å². The molecule has 2 aromatic carbocycles. The Bertz CT molecular complexity index is 732. The molecule has 2 N–H and O–H groups in total. The molecular weight excluding hydrogens is 234 g/mol. The summed E-state index contributed by atoms with van der Waals surface area (Å²) in [6, 6.07) is 11.2. The predicted molar refractivity (Wildman–Crippen MR) is 67.6 cm³/mol. The monoisotopic (exact) mass is 244 g/mol. The second-order valence-electron chi connectivity index (χ2n) is 4.10. The third-order valence-electron chi connectivity index (χ3n) is 2.90. The SMILES string of the molecule is Nc1ccc2c(ccn2-c2ccc(F)c(F)c2)c1. The predicted octanol–water partition coefficient (Wildman–Crippen LogP) is 3.49. The summed E-state index contributed by atoms with van der Waals surface area (Å²) in [6.45, 7) is 0. The van der Waals surface area contributed by atoms with Crippen LogP contribution in [0.15, 0.2) is 48.7 Å². The van der Waals surface area contributed by atoms with E-state index in [9.17, 15) is 8.78 Å². The normalized spacial score (nSPS) is 11.0. The fraction of sp³-hybridized carbons (Fsp3) is 0. The van der Waals surface area contributed by atoms with Crippen molar-refractivity contribution in [2.24, 2.45) is 0 Å². The second-order valence-corrected chi connectivity index (χ2v) is 4.10. The van der Waals surface area contributed by atoms with Gasteiger partial charge >= 0.3 is 0 Å². The first-order valence-corrected chi connectivity index (χ1v) is 5.47. The maximum atomic E-state index is 13.2. The number of rotatable bonds is 1. The summed E-state index contributed by atoms with van der Waals surface area (Å²) in [4.78, 5) is 0. The van der Waals surface area contributed by atoms with E-state index in [0.29, 0.717) is 11.4 Å². The standard InChI is InChI=1S/C14H10F2N2/c15-12-3-2-11(8-13(12)16)18-6-5-9-7-10(17)1-4-14(9)18/h1-8H,17H2. The highest BCUT2D eigenvalue weighted by Gasteiger charge is 2.07. The molecule has 2 nitrogen and oxygen atoms in total. The van der Waals surface area contributed by atoms with Crippen LogP contribution in [0, 0.1) is 11.6 Å². The topological polar surface area (TPSA) is 30.9 Å². The molecule has 3 aromatic rings. The lowest BCUT2D eigenvalue weighted by Gasteiger charge is -2.06. The van der Waals surface area contributed by atoms with Gasteiger partial charge in [-0.05, 0) is 36.4 Å². The van der Waals surface area contributed by atoms with Gasteiger partial charge in [-0.3, -0.25) is 0 Å². The van der Waals surface area contributed by atoms with Crippen molar-refractivity contribution >= 4 is 16.6 Å². The molecule has 90 valence electrons. The van der Waals surface area contributed by atoms with Gasteiger partial charge in [0, 0.05) is 29.0 Å². The van der Waals surface area contributed by atoms with E-state index in [1.165, 1.54) is 12.1 Å². The number of aromatic nitrogens is 1. The number of nitrogen functional groups attached to an aromatic ring is 1. The molecule has 0 saturated carbocycles. The van der Waals surface area contributed by atoms with Crippen molar-refractivity contribution in [1.29, 1.82) is 0 Å². The fourth-order valence-corrected chi connectivity index (χ4v) is 2.02. The summed E-state index contributed by atoms with van der Waals surface area (Å²) >= 11 is 0. The van der Waals surface area contributed by atoms with Crippen LogP contribution in [0.25, 0.3) is 16.6 Å². The zero-order valence-corrected chi connectivity index (χ0v) is 9.40. The van der Waals surface area contributed by atoms with Crippen LogP contribution in [-0.4, -0.2) is 4.57 Å². The number of halogens is 2. The van der Waals surface area contributed by atoms with Gasteiger partial charge in [-0.15, -0.1) is 0 Å². The molecule has 0 spiro atoms. The lowest BCUT2D eigenvalue weighted by atomic mass is 10.2. The zero-order chi connectivity index (χ0) is 12.7. The van der Waals surface area contributed by atoms with Crippen molar-refractivity contribution in [3.05, 3.63) is 60.3 Å². The van der Waals surface area contributed by atoms with Crippen LogP contribution in [0.5, 0.6) is 0 Å². The van der Waals surface area contributed by atoms with Crippen LogP contribution in [0.2, 0.25) is 0 Å². The van der Waals surface area contributed by atoms with Gasteiger partial charge in [-0.2, -0.15) is 0 Å². The van der Waals surface area contributed by atoms with E-state index >= 15 is 0 Å². The third kappa shape index (κ3) is 1.62. The van der Waals surface area contributed by atoms with E-state index in [-0.39, 0.29) is 0 Å². The van der Waals surface area contributed by atoms with Crippen molar-refractivity contribution in [2.45, 2.75) is 0 Å². The van der Waals surface area contributed by atoms with E-state index in [0.717, 1.165) is 17.0 Å². The minimum atomic E-state index is -0.857. The minimum absolute atomic E-state index is 0.577. The maximum Gasteiger partial charge on any atom is 0.160 e. The molecule has 0 amide bonds. The van der Waals surface area contributed by atoms with Crippen molar-refractivity contribution in [3.63, 3.8) is 0 Å². The average Bonchev–Trinajstić information content (AvgIpc) is 2.75. The number of nitrogens with zero attached hydrogens (tertiary/aromatic N) is 1. The van der Waals surface area contributed by atoms with Crippen LogP contribution in [0.4, 0.5) is 14.5 Å². The Morgan fingerprint density at radius 3 is 2.50 bits per heavy atom. The largest absolute Gasteiger partial charge is 0.399 e. The van der Waals surface area contributed by atoms with Gasteiger partial charge in [0.2, 0.25) is 0 Å². The minimum Gasteiger partial charge on any atom is -0.399 e. The number of hydrogen-bond donors (Lipinski definition) is 1. The van der Waals surface area contributed by atoms with Gasteiger partial charge in [-0.25, -0.2) is 8.78 Å². The van der Waals surface area contributed by atoms with Crippen molar-refractivity contribution in [2.75, 3.05) is 5.73 Å². The smallest absolute Gasteiger partial charge is 0.160 e. The van der Waals surface area contributed by atoms with Crippen LogP contribution in [0.1, 0.15) is 0 Å². The lowest BCUT2D eigenvalue weighted by molar-refractivity contribution is 0.508. The van der Waals surface area contributed by atoms with Gasteiger partial charge in [-0.1, -0.05) is 0 Å². The summed E-state index contributed by atoms with van der Waals surface area (Å²) in [5.74, 6) is -1.70. The van der Waals surface area contributed by atoms with E-state index in [1.54, 1.807) is 16.8 Å². The van der Waals surface area contributed by atoms with Gasteiger partial charge in [0.1, 0.15) is 0 Å².